The highest BCUT2D eigenvalue weighted by molar-refractivity contribution is 5.74. The van der Waals surface area contributed by atoms with E-state index in [1.54, 1.807) is 0 Å². The molecule has 1 rings (SSSR count). The quantitative estimate of drug-likeness (QED) is 0.518. The first-order valence-corrected chi connectivity index (χ1v) is 5.85. The van der Waals surface area contributed by atoms with Crippen LogP contribution in [0.25, 0.3) is 0 Å². The lowest BCUT2D eigenvalue weighted by Crippen LogP contribution is -2.46. The maximum Gasteiger partial charge on any atom is 0.314 e. The van der Waals surface area contributed by atoms with Gasteiger partial charge in [0.1, 0.15) is 0 Å². The minimum atomic E-state index is -1.42. The third-order valence-electron chi connectivity index (χ3n) is 2.70. The Hall–Kier alpha value is -1.30. The fraction of sp³-hybridized carbons (Fsp3) is 0.818. The van der Waals surface area contributed by atoms with Gasteiger partial charge in [-0.15, -0.1) is 0 Å². The third kappa shape index (κ3) is 6.78. The Morgan fingerprint density at radius 3 is 2.53 bits per heavy atom. The second-order valence-corrected chi connectivity index (χ2v) is 4.91. The van der Waals surface area contributed by atoms with E-state index in [1.165, 1.54) is 19.8 Å². The molecule has 0 aromatic heterocycles. The van der Waals surface area contributed by atoms with Crippen molar-refractivity contribution >= 4 is 12.0 Å². The van der Waals surface area contributed by atoms with Gasteiger partial charge in [0, 0.05) is 13.1 Å². The summed E-state index contributed by atoms with van der Waals surface area (Å²) < 4.78 is 0. The zero-order chi connectivity index (χ0) is 12.9. The SMILES string of the molecule is CC(O)(CNC(=O)NCCC1CC1)CC(=O)O. The van der Waals surface area contributed by atoms with Crippen molar-refractivity contribution < 1.29 is 19.8 Å². The fourth-order valence-electron chi connectivity index (χ4n) is 1.52. The zero-order valence-electron chi connectivity index (χ0n) is 10.0. The molecule has 1 saturated carbocycles. The molecular formula is C11H20N2O4. The molecule has 0 heterocycles. The van der Waals surface area contributed by atoms with Crippen LogP contribution in [0.2, 0.25) is 0 Å². The van der Waals surface area contributed by atoms with Crippen LogP contribution in [0.3, 0.4) is 0 Å². The second kappa shape index (κ2) is 5.86. The lowest BCUT2D eigenvalue weighted by molar-refractivity contribution is -0.141. The fourth-order valence-corrected chi connectivity index (χ4v) is 1.52. The Labute approximate surface area is 100 Å². The Bertz CT molecular complexity index is 287. The summed E-state index contributed by atoms with van der Waals surface area (Å²) in [6, 6.07) is -0.365. The average Bonchev–Trinajstić information content (AvgIpc) is 2.97. The maximum atomic E-state index is 11.3. The van der Waals surface area contributed by atoms with Crippen molar-refractivity contribution in [2.45, 2.75) is 38.2 Å². The summed E-state index contributed by atoms with van der Waals surface area (Å²) in [6.07, 6.45) is 3.08. The van der Waals surface area contributed by atoms with Gasteiger partial charge < -0.3 is 20.8 Å². The van der Waals surface area contributed by atoms with Crippen molar-refractivity contribution in [2.24, 2.45) is 5.92 Å². The third-order valence-corrected chi connectivity index (χ3v) is 2.70. The summed E-state index contributed by atoms with van der Waals surface area (Å²) in [5, 5.41) is 23.3. The number of hydrogen-bond acceptors (Lipinski definition) is 3. The molecular weight excluding hydrogens is 224 g/mol. The second-order valence-electron chi connectivity index (χ2n) is 4.91. The monoisotopic (exact) mass is 244 g/mol. The minimum absolute atomic E-state index is 0.0748. The highest BCUT2D eigenvalue weighted by atomic mass is 16.4. The Morgan fingerprint density at radius 2 is 2.00 bits per heavy atom. The summed E-state index contributed by atoms with van der Waals surface area (Å²) in [5.41, 5.74) is -1.42. The van der Waals surface area contributed by atoms with Crippen molar-refractivity contribution in [1.29, 1.82) is 0 Å². The summed E-state index contributed by atoms with van der Waals surface area (Å²) >= 11 is 0. The van der Waals surface area contributed by atoms with E-state index in [2.05, 4.69) is 10.6 Å². The van der Waals surface area contributed by atoms with Crippen LogP contribution in [0.15, 0.2) is 0 Å². The van der Waals surface area contributed by atoms with Gasteiger partial charge in [-0.05, 0) is 19.3 Å². The van der Waals surface area contributed by atoms with Crippen LogP contribution in [-0.4, -0.2) is 40.9 Å². The molecule has 6 nitrogen and oxygen atoms in total. The number of aliphatic hydroxyl groups is 1. The van der Waals surface area contributed by atoms with E-state index in [-0.39, 0.29) is 12.6 Å². The van der Waals surface area contributed by atoms with Crippen LogP contribution < -0.4 is 10.6 Å². The van der Waals surface area contributed by atoms with Crippen LogP contribution in [-0.2, 0) is 4.79 Å². The van der Waals surface area contributed by atoms with Crippen LogP contribution in [0.5, 0.6) is 0 Å². The Balaban J connectivity index is 2.10. The Morgan fingerprint density at radius 1 is 1.35 bits per heavy atom. The van der Waals surface area contributed by atoms with Gasteiger partial charge in [-0.25, -0.2) is 4.79 Å². The molecule has 2 amide bonds. The molecule has 0 aromatic rings. The number of carboxylic acids is 1. The van der Waals surface area contributed by atoms with Gasteiger partial charge in [-0.3, -0.25) is 4.79 Å². The topological polar surface area (TPSA) is 98.7 Å². The number of urea groups is 1. The van der Waals surface area contributed by atoms with Crippen LogP contribution in [0.4, 0.5) is 4.79 Å². The number of rotatable bonds is 7. The van der Waals surface area contributed by atoms with Crippen molar-refractivity contribution in [3.8, 4) is 0 Å². The standard InChI is InChI=1S/C11H20N2O4/c1-11(17,6-9(14)15)7-13-10(16)12-5-4-8-2-3-8/h8,17H,2-7H2,1H3,(H,14,15)(H2,12,13,16). The smallest absolute Gasteiger partial charge is 0.314 e. The van der Waals surface area contributed by atoms with Crippen molar-refractivity contribution in [1.82, 2.24) is 10.6 Å². The predicted octanol–water partition coefficient (Wildman–Crippen LogP) is 0.311. The molecule has 0 saturated heterocycles. The van der Waals surface area contributed by atoms with Crippen molar-refractivity contribution in [2.75, 3.05) is 13.1 Å². The molecule has 98 valence electrons. The maximum absolute atomic E-state index is 11.3. The summed E-state index contributed by atoms with van der Waals surface area (Å²) in [6.45, 7) is 1.93. The normalized spacial score (nSPS) is 18.2. The molecule has 6 heteroatoms. The van der Waals surface area contributed by atoms with Crippen LogP contribution in [0.1, 0.15) is 32.6 Å². The summed E-state index contributed by atoms with van der Waals surface area (Å²) in [4.78, 5) is 21.7. The number of nitrogens with one attached hydrogen (secondary N) is 2. The molecule has 1 aliphatic rings. The summed E-state index contributed by atoms with van der Waals surface area (Å²) in [5.74, 6) is -0.337. The van der Waals surface area contributed by atoms with Gasteiger partial charge in [0.05, 0.1) is 12.0 Å². The van der Waals surface area contributed by atoms with E-state index >= 15 is 0 Å². The lowest BCUT2D eigenvalue weighted by Gasteiger charge is -2.21. The molecule has 1 unspecified atom stereocenters. The van der Waals surface area contributed by atoms with E-state index in [9.17, 15) is 14.7 Å². The summed E-state index contributed by atoms with van der Waals surface area (Å²) in [7, 11) is 0. The van der Waals surface area contributed by atoms with Crippen LogP contribution in [0, 0.1) is 5.92 Å². The average molecular weight is 244 g/mol. The van der Waals surface area contributed by atoms with Crippen LogP contribution >= 0.6 is 0 Å². The van der Waals surface area contributed by atoms with Gasteiger partial charge in [-0.1, -0.05) is 12.8 Å². The number of hydrogen-bond donors (Lipinski definition) is 4. The number of amides is 2. The van der Waals surface area contributed by atoms with E-state index in [0.717, 1.165) is 12.3 Å². The largest absolute Gasteiger partial charge is 0.481 e. The highest BCUT2D eigenvalue weighted by Crippen LogP contribution is 2.31. The van der Waals surface area contributed by atoms with Crippen molar-refractivity contribution in [3.05, 3.63) is 0 Å². The van der Waals surface area contributed by atoms with Gasteiger partial charge in [0.2, 0.25) is 0 Å². The van der Waals surface area contributed by atoms with E-state index < -0.39 is 18.0 Å². The van der Waals surface area contributed by atoms with Gasteiger partial charge in [0.15, 0.2) is 0 Å². The molecule has 0 radical (unpaired) electrons. The zero-order valence-corrected chi connectivity index (χ0v) is 10.0. The first kappa shape index (κ1) is 13.8. The molecule has 0 spiro atoms. The molecule has 1 atom stereocenters. The number of aliphatic carboxylic acids is 1. The first-order chi connectivity index (χ1) is 7.89. The highest BCUT2D eigenvalue weighted by Gasteiger charge is 2.25. The predicted molar refractivity (Wildman–Crippen MR) is 61.6 cm³/mol. The Kier molecular flexibility index (Phi) is 4.74. The van der Waals surface area contributed by atoms with Crippen molar-refractivity contribution in [3.63, 3.8) is 0 Å². The minimum Gasteiger partial charge on any atom is -0.481 e. The van der Waals surface area contributed by atoms with Gasteiger partial charge >= 0.3 is 12.0 Å². The number of carboxylic acid groups (broad SMARTS) is 1. The van der Waals surface area contributed by atoms with Gasteiger partial charge in [0.25, 0.3) is 0 Å². The first-order valence-electron chi connectivity index (χ1n) is 5.85. The molecule has 0 bridgehead atoms. The lowest BCUT2D eigenvalue weighted by atomic mass is 10.0. The van der Waals surface area contributed by atoms with E-state index in [1.807, 2.05) is 0 Å². The molecule has 17 heavy (non-hydrogen) atoms. The van der Waals surface area contributed by atoms with Gasteiger partial charge in [-0.2, -0.15) is 0 Å². The number of carbonyl (C=O) groups excluding carboxylic acids is 1. The molecule has 1 aliphatic carbocycles. The molecule has 1 fully saturated rings. The molecule has 4 N–H and O–H groups in total. The molecule has 0 aromatic carbocycles. The van der Waals surface area contributed by atoms with E-state index in [0.29, 0.717) is 6.54 Å². The van der Waals surface area contributed by atoms with E-state index in [4.69, 9.17) is 5.11 Å². The number of carbonyl (C=O) groups is 2. The molecule has 0 aliphatic heterocycles.